The molecule has 6 rings (SSSR count). The SMILES string of the molecule is Cc1ccc2nc(-c3ccc(N4C(=O)C[C@@H](N5CCC[C@H]6CCCC[C@@H]65)C4=O)cc3)sc2c1. The summed E-state index contributed by atoms with van der Waals surface area (Å²) in [4.78, 5) is 35.0. The standard InChI is InChI=1S/C27H29N3O2S/c1-17-8-13-21-24(15-17)33-26(28-21)19-9-11-20(12-10-19)30-25(31)16-23(27(30)32)29-14-4-6-18-5-2-3-7-22(18)29/h8-13,15,18,22-23H,2-7,14,16H2,1H3/t18-,22+,23-/m1/s1. The molecule has 3 heterocycles. The number of hydrogen-bond acceptors (Lipinski definition) is 5. The van der Waals surface area contributed by atoms with Gasteiger partial charge in [-0.2, -0.15) is 0 Å². The van der Waals surface area contributed by atoms with E-state index in [0.29, 0.717) is 24.1 Å². The number of thiazole rings is 1. The highest BCUT2D eigenvalue weighted by Gasteiger charge is 2.47. The van der Waals surface area contributed by atoms with Gasteiger partial charge in [0.05, 0.1) is 28.4 Å². The van der Waals surface area contributed by atoms with Gasteiger partial charge < -0.3 is 0 Å². The molecule has 5 nitrogen and oxygen atoms in total. The smallest absolute Gasteiger partial charge is 0.251 e. The van der Waals surface area contributed by atoms with E-state index in [9.17, 15) is 9.59 Å². The first kappa shape index (κ1) is 21.0. The van der Waals surface area contributed by atoms with Crippen LogP contribution in [-0.2, 0) is 9.59 Å². The summed E-state index contributed by atoms with van der Waals surface area (Å²) in [5, 5.41) is 0.954. The molecular formula is C27H29N3O2S. The van der Waals surface area contributed by atoms with Crippen LogP contribution in [-0.4, -0.2) is 40.3 Å². The number of fused-ring (bicyclic) bond motifs is 2. The third-order valence-corrected chi connectivity index (χ3v) is 8.79. The van der Waals surface area contributed by atoms with Crippen molar-refractivity contribution in [3.05, 3.63) is 48.0 Å². The molecule has 3 fully saturated rings. The maximum Gasteiger partial charge on any atom is 0.251 e. The topological polar surface area (TPSA) is 53.5 Å². The van der Waals surface area contributed by atoms with E-state index in [1.807, 2.05) is 24.3 Å². The predicted molar refractivity (Wildman–Crippen MR) is 132 cm³/mol. The molecule has 1 saturated carbocycles. The third-order valence-electron chi connectivity index (χ3n) is 7.73. The van der Waals surface area contributed by atoms with Crippen LogP contribution in [0.25, 0.3) is 20.8 Å². The maximum absolute atomic E-state index is 13.4. The highest BCUT2D eigenvalue weighted by molar-refractivity contribution is 7.21. The molecule has 2 amide bonds. The van der Waals surface area contributed by atoms with Crippen molar-refractivity contribution in [1.29, 1.82) is 0 Å². The van der Waals surface area contributed by atoms with Gasteiger partial charge in [0.2, 0.25) is 5.91 Å². The summed E-state index contributed by atoms with van der Waals surface area (Å²) >= 11 is 1.67. The second-order valence-corrected chi connectivity index (χ2v) is 10.8. The molecule has 3 aliphatic rings. The Bertz CT molecular complexity index is 1220. The van der Waals surface area contributed by atoms with Crippen molar-refractivity contribution >= 4 is 39.1 Å². The number of nitrogens with zero attached hydrogens (tertiary/aromatic N) is 3. The van der Waals surface area contributed by atoms with Crippen molar-refractivity contribution in [3.8, 4) is 10.6 Å². The molecule has 3 atom stereocenters. The van der Waals surface area contributed by atoms with Gasteiger partial charge in [-0.25, -0.2) is 9.88 Å². The molecule has 1 aliphatic carbocycles. The van der Waals surface area contributed by atoms with E-state index in [-0.39, 0.29) is 17.9 Å². The molecule has 0 N–H and O–H groups in total. The fourth-order valence-corrected chi connectivity index (χ4v) is 7.17. The molecule has 2 aromatic carbocycles. The minimum absolute atomic E-state index is 0.0468. The Morgan fingerprint density at radius 1 is 0.970 bits per heavy atom. The van der Waals surface area contributed by atoms with Crippen molar-refractivity contribution in [2.45, 2.75) is 64.0 Å². The van der Waals surface area contributed by atoms with Crippen molar-refractivity contribution < 1.29 is 9.59 Å². The maximum atomic E-state index is 13.4. The molecule has 0 unspecified atom stereocenters. The Hall–Kier alpha value is -2.57. The Kier molecular flexibility index (Phi) is 5.30. The van der Waals surface area contributed by atoms with Crippen LogP contribution in [0.3, 0.4) is 0 Å². The van der Waals surface area contributed by atoms with Gasteiger partial charge in [0, 0.05) is 11.6 Å². The Labute approximate surface area is 198 Å². The number of rotatable bonds is 3. The van der Waals surface area contributed by atoms with Crippen LogP contribution < -0.4 is 4.90 Å². The number of hydrogen-bond donors (Lipinski definition) is 0. The molecule has 6 heteroatoms. The minimum atomic E-state index is -0.296. The van der Waals surface area contributed by atoms with E-state index in [1.165, 1.54) is 47.3 Å². The summed E-state index contributed by atoms with van der Waals surface area (Å²) < 4.78 is 1.17. The van der Waals surface area contributed by atoms with E-state index in [2.05, 4.69) is 30.0 Å². The van der Waals surface area contributed by atoms with Crippen LogP contribution in [0.5, 0.6) is 0 Å². The summed E-state index contributed by atoms with van der Waals surface area (Å²) in [6, 6.07) is 14.2. The lowest BCUT2D eigenvalue weighted by Crippen LogP contribution is -2.54. The van der Waals surface area contributed by atoms with E-state index >= 15 is 0 Å². The van der Waals surface area contributed by atoms with Crippen LogP contribution >= 0.6 is 11.3 Å². The number of amides is 2. The molecule has 0 radical (unpaired) electrons. The Balaban J connectivity index is 1.24. The van der Waals surface area contributed by atoms with E-state index < -0.39 is 0 Å². The number of benzene rings is 2. The van der Waals surface area contributed by atoms with E-state index in [0.717, 1.165) is 29.1 Å². The van der Waals surface area contributed by atoms with Crippen LogP contribution in [0.2, 0.25) is 0 Å². The first-order valence-electron chi connectivity index (χ1n) is 12.2. The molecule has 33 heavy (non-hydrogen) atoms. The lowest BCUT2D eigenvalue weighted by Gasteiger charge is -2.46. The van der Waals surface area contributed by atoms with Crippen molar-refractivity contribution in [3.63, 3.8) is 0 Å². The van der Waals surface area contributed by atoms with Gasteiger partial charge >= 0.3 is 0 Å². The predicted octanol–water partition coefficient (Wildman–Crippen LogP) is 5.56. The lowest BCUT2D eigenvalue weighted by atomic mass is 9.77. The van der Waals surface area contributed by atoms with Gasteiger partial charge in [-0.05, 0) is 87.0 Å². The number of aromatic nitrogens is 1. The second-order valence-electron chi connectivity index (χ2n) is 9.82. The molecule has 1 aromatic heterocycles. The summed E-state index contributed by atoms with van der Waals surface area (Å²) in [6.45, 7) is 3.03. The van der Waals surface area contributed by atoms with Gasteiger partial charge in [0.1, 0.15) is 5.01 Å². The second kappa shape index (κ2) is 8.33. The number of anilines is 1. The Morgan fingerprint density at radius 3 is 2.61 bits per heavy atom. The minimum Gasteiger partial charge on any atom is -0.288 e. The third kappa shape index (κ3) is 3.69. The van der Waals surface area contributed by atoms with Crippen molar-refractivity contribution in [2.75, 3.05) is 11.4 Å². The molecular weight excluding hydrogens is 430 g/mol. The average molecular weight is 460 g/mol. The van der Waals surface area contributed by atoms with Crippen molar-refractivity contribution in [2.24, 2.45) is 5.92 Å². The number of carbonyl (C=O) groups excluding carboxylic acids is 2. The average Bonchev–Trinajstić information content (AvgIpc) is 3.38. The van der Waals surface area contributed by atoms with E-state index in [1.54, 1.807) is 11.3 Å². The van der Waals surface area contributed by atoms with Gasteiger partial charge in [0.15, 0.2) is 0 Å². The first-order chi connectivity index (χ1) is 16.1. The molecule has 3 aromatic rings. The monoisotopic (exact) mass is 459 g/mol. The fourth-order valence-electron chi connectivity index (χ4n) is 6.10. The zero-order valence-electron chi connectivity index (χ0n) is 19.0. The normalized spacial score (nSPS) is 26.2. The Morgan fingerprint density at radius 2 is 1.76 bits per heavy atom. The first-order valence-corrected chi connectivity index (χ1v) is 13.0. The van der Waals surface area contributed by atoms with Crippen LogP contribution in [0, 0.1) is 12.8 Å². The zero-order valence-corrected chi connectivity index (χ0v) is 19.8. The number of piperidine rings is 1. The number of aryl methyl sites for hydroxylation is 1. The quantitative estimate of drug-likeness (QED) is 0.481. The summed E-state index contributed by atoms with van der Waals surface area (Å²) in [7, 11) is 0. The summed E-state index contributed by atoms with van der Waals surface area (Å²) in [5.74, 6) is 0.571. The zero-order chi connectivity index (χ0) is 22.5. The highest BCUT2D eigenvalue weighted by atomic mass is 32.1. The van der Waals surface area contributed by atoms with Gasteiger partial charge in [0.25, 0.3) is 5.91 Å². The van der Waals surface area contributed by atoms with Gasteiger partial charge in [-0.3, -0.25) is 14.5 Å². The summed E-state index contributed by atoms with van der Waals surface area (Å²) in [6.07, 6.45) is 7.69. The van der Waals surface area contributed by atoms with Crippen LogP contribution in [0.4, 0.5) is 5.69 Å². The molecule has 0 bridgehead atoms. The highest BCUT2D eigenvalue weighted by Crippen LogP contribution is 2.39. The number of imide groups is 1. The molecule has 0 spiro atoms. The van der Waals surface area contributed by atoms with Crippen molar-refractivity contribution in [1.82, 2.24) is 9.88 Å². The van der Waals surface area contributed by atoms with Gasteiger partial charge in [-0.15, -0.1) is 11.3 Å². The fraction of sp³-hybridized carbons (Fsp3) is 0.444. The molecule has 170 valence electrons. The summed E-state index contributed by atoms with van der Waals surface area (Å²) in [5.41, 5.74) is 3.90. The number of likely N-dealkylation sites (tertiary alicyclic amines) is 1. The number of carbonyl (C=O) groups is 2. The largest absolute Gasteiger partial charge is 0.288 e. The van der Waals surface area contributed by atoms with E-state index in [4.69, 9.17) is 4.98 Å². The van der Waals surface area contributed by atoms with Gasteiger partial charge in [-0.1, -0.05) is 18.9 Å². The molecule has 2 saturated heterocycles. The van der Waals surface area contributed by atoms with Crippen LogP contribution in [0.15, 0.2) is 42.5 Å². The van der Waals surface area contributed by atoms with Crippen LogP contribution in [0.1, 0.15) is 50.5 Å². The lowest BCUT2D eigenvalue weighted by molar-refractivity contribution is -0.124. The molecule has 2 aliphatic heterocycles.